The number of halogens is 2. The summed E-state index contributed by atoms with van der Waals surface area (Å²) in [4.78, 5) is 0. The lowest BCUT2D eigenvalue weighted by Gasteiger charge is -2.04. The van der Waals surface area contributed by atoms with E-state index in [-0.39, 0.29) is 5.82 Å². The molecule has 0 heterocycles. The molecule has 0 fully saturated rings. The van der Waals surface area contributed by atoms with Gasteiger partial charge in [-0.15, -0.1) is 0 Å². The molecule has 3 heteroatoms. The molecule has 0 radical (unpaired) electrons. The van der Waals surface area contributed by atoms with Gasteiger partial charge in [-0.25, -0.2) is 4.39 Å². The van der Waals surface area contributed by atoms with Gasteiger partial charge in [0.1, 0.15) is 5.82 Å². The van der Waals surface area contributed by atoms with Crippen LogP contribution in [-0.4, -0.2) is 0 Å². The number of thioether (sulfide) groups is 1. The van der Waals surface area contributed by atoms with Crippen molar-refractivity contribution in [2.45, 2.75) is 18.4 Å². The van der Waals surface area contributed by atoms with Gasteiger partial charge in [0.25, 0.3) is 0 Å². The fourth-order valence-corrected chi connectivity index (χ4v) is 3.08. The summed E-state index contributed by atoms with van der Waals surface area (Å²) in [6.45, 7) is 2.10. The van der Waals surface area contributed by atoms with E-state index in [1.165, 1.54) is 17.2 Å². The number of hydrogen-bond acceptors (Lipinski definition) is 1. The molecule has 0 saturated carbocycles. The minimum atomic E-state index is -0.206. The molecule has 0 aromatic heterocycles. The van der Waals surface area contributed by atoms with E-state index < -0.39 is 0 Å². The maximum absolute atomic E-state index is 13.1. The number of aryl methyl sites for hydroxylation is 1. The maximum atomic E-state index is 13.1. The fraction of sp³-hybridized carbons (Fsp3) is 0.200. The first-order valence-corrected chi connectivity index (χ1v) is 7.67. The number of hydrogen-bond donors (Lipinski definition) is 0. The van der Waals surface area contributed by atoms with Crippen molar-refractivity contribution in [1.82, 2.24) is 0 Å². The highest BCUT2D eigenvalue weighted by atomic mass is 79.9. The fourth-order valence-electron chi connectivity index (χ4n) is 1.72. The third kappa shape index (κ3) is 3.85. The Morgan fingerprint density at radius 2 is 1.78 bits per heavy atom. The first-order valence-electron chi connectivity index (χ1n) is 5.72. The van der Waals surface area contributed by atoms with Crippen molar-refractivity contribution in [1.29, 1.82) is 0 Å². The average molecular weight is 325 g/mol. The third-order valence-electron chi connectivity index (χ3n) is 2.60. The molecule has 18 heavy (non-hydrogen) atoms. The molecule has 0 nitrogen and oxygen atoms in total. The van der Waals surface area contributed by atoms with E-state index >= 15 is 0 Å². The zero-order chi connectivity index (χ0) is 13.0. The van der Waals surface area contributed by atoms with Crippen molar-refractivity contribution >= 4 is 27.7 Å². The van der Waals surface area contributed by atoms with E-state index in [2.05, 4.69) is 47.1 Å². The molecular formula is C15H14BrFS. The molecule has 0 unspecified atom stereocenters. The Balaban J connectivity index is 1.90. The zero-order valence-corrected chi connectivity index (χ0v) is 12.5. The first-order chi connectivity index (χ1) is 8.65. The van der Waals surface area contributed by atoms with Gasteiger partial charge in [0, 0.05) is 11.5 Å². The van der Waals surface area contributed by atoms with Crippen molar-refractivity contribution < 1.29 is 4.39 Å². The van der Waals surface area contributed by atoms with Gasteiger partial charge in [0.15, 0.2) is 0 Å². The maximum Gasteiger partial charge on any atom is 0.137 e. The predicted octanol–water partition coefficient (Wildman–Crippen LogP) is 5.33. The molecule has 0 bridgehead atoms. The van der Waals surface area contributed by atoms with Crippen LogP contribution in [0.15, 0.2) is 46.9 Å². The summed E-state index contributed by atoms with van der Waals surface area (Å²) < 4.78 is 13.6. The first kappa shape index (κ1) is 13.6. The van der Waals surface area contributed by atoms with Crippen molar-refractivity contribution in [2.24, 2.45) is 0 Å². The monoisotopic (exact) mass is 324 g/mol. The Labute approximate surface area is 120 Å². The van der Waals surface area contributed by atoms with Gasteiger partial charge in [0.05, 0.1) is 4.47 Å². The Kier molecular flexibility index (Phi) is 4.84. The van der Waals surface area contributed by atoms with Crippen molar-refractivity contribution in [2.75, 3.05) is 0 Å². The van der Waals surface area contributed by atoms with Gasteiger partial charge in [0.2, 0.25) is 0 Å². The number of benzene rings is 2. The topological polar surface area (TPSA) is 0 Å². The van der Waals surface area contributed by atoms with E-state index in [1.807, 2.05) is 23.9 Å². The normalized spacial score (nSPS) is 10.6. The third-order valence-corrected chi connectivity index (χ3v) is 4.29. The van der Waals surface area contributed by atoms with Crippen LogP contribution >= 0.6 is 27.7 Å². The quantitative estimate of drug-likeness (QED) is 0.732. The van der Waals surface area contributed by atoms with E-state index in [1.54, 1.807) is 0 Å². The molecule has 0 amide bonds. The largest absolute Gasteiger partial charge is 0.206 e. The summed E-state index contributed by atoms with van der Waals surface area (Å²) >= 11 is 5.05. The molecule has 2 aromatic rings. The highest BCUT2D eigenvalue weighted by Gasteiger charge is 2.01. The molecule has 0 aliphatic rings. The molecule has 0 aliphatic heterocycles. The molecule has 0 atom stereocenters. The molecule has 0 aliphatic carbocycles. The Hall–Kier alpha value is -0.800. The highest BCUT2D eigenvalue weighted by molar-refractivity contribution is 9.10. The second kappa shape index (κ2) is 6.39. The van der Waals surface area contributed by atoms with Crippen LogP contribution in [0.25, 0.3) is 0 Å². The minimum absolute atomic E-state index is 0.206. The second-order valence-electron chi connectivity index (χ2n) is 4.23. The molecule has 0 saturated heterocycles. The molecular weight excluding hydrogens is 311 g/mol. The van der Waals surface area contributed by atoms with Crippen LogP contribution < -0.4 is 0 Å². The molecule has 2 rings (SSSR count). The predicted molar refractivity (Wildman–Crippen MR) is 80.3 cm³/mol. The summed E-state index contributed by atoms with van der Waals surface area (Å²) in [6, 6.07) is 13.7. The summed E-state index contributed by atoms with van der Waals surface area (Å²) in [7, 11) is 0. The van der Waals surface area contributed by atoms with Gasteiger partial charge >= 0.3 is 0 Å². The van der Waals surface area contributed by atoms with E-state index in [9.17, 15) is 4.39 Å². The smallest absolute Gasteiger partial charge is 0.137 e. The summed E-state index contributed by atoms with van der Waals surface area (Å²) in [5.41, 5.74) is 3.76. The Morgan fingerprint density at radius 3 is 2.44 bits per heavy atom. The van der Waals surface area contributed by atoms with E-state index in [0.717, 1.165) is 17.1 Å². The molecule has 0 N–H and O–H groups in total. The molecule has 94 valence electrons. The summed E-state index contributed by atoms with van der Waals surface area (Å²) in [5.74, 6) is 1.67. The van der Waals surface area contributed by atoms with Crippen LogP contribution in [0.4, 0.5) is 4.39 Å². The highest BCUT2D eigenvalue weighted by Crippen LogP contribution is 2.22. The van der Waals surface area contributed by atoms with Crippen molar-refractivity contribution in [3.8, 4) is 0 Å². The van der Waals surface area contributed by atoms with Gasteiger partial charge in [-0.1, -0.05) is 35.9 Å². The van der Waals surface area contributed by atoms with E-state index in [0.29, 0.717) is 4.47 Å². The summed E-state index contributed by atoms with van der Waals surface area (Å²) in [5, 5.41) is 0. The van der Waals surface area contributed by atoms with Crippen LogP contribution in [-0.2, 0) is 11.5 Å². The SMILES string of the molecule is Cc1cccc(CSCc2ccc(F)c(Br)c2)c1. The lowest BCUT2D eigenvalue weighted by atomic mass is 10.2. The van der Waals surface area contributed by atoms with Gasteiger partial charge in [-0.3, -0.25) is 0 Å². The van der Waals surface area contributed by atoms with Gasteiger partial charge in [-0.05, 0) is 46.1 Å². The Bertz CT molecular complexity index is 540. The van der Waals surface area contributed by atoms with Crippen LogP contribution in [0.5, 0.6) is 0 Å². The number of rotatable bonds is 4. The lowest BCUT2D eigenvalue weighted by Crippen LogP contribution is -1.86. The second-order valence-corrected chi connectivity index (χ2v) is 6.07. The van der Waals surface area contributed by atoms with Crippen LogP contribution in [0, 0.1) is 12.7 Å². The Morgan fingerprint density at radius 1 is 1.06 bits per heavy atom. The van der Waals surface area contributed by atoms with E-state index in [4.69, 9.17) is 0 Å². The van der Waals surface area contributed by atoms with Crippen LogP contribution in [0.2, 0.25) is 0 Å². The average Bonchev–Trinajstić information content (AvgIpc) is 2.34. The molecule has 0 spiro atoms. The zero-order valence-electron chi connectivity index (χ0n) is 10.1. The van der Waals surface area contributed by atoms with Gasteiger partial charge < -0.3 is 0 Å². The van der Waals surface area contributed by atoms with Crippen LogP contribution in [0.3, 0.4) is 0 Å². The summed E-state index contributed by atoms with van der Waals surface area (Å²) in [6.07, 6.45) is 0. The van der Waals surface area contributed by atoms with Crippen molar-refractivity contribution in [3.63, 3.8) is 0 Å². The minimum Gasteiger partial charge on any atom is -0.206 e. The molecule has 2 aromatic carbocycles. The van der Waals surface area contributed by atoms with Gasteiger partial charge in [-0.2, -0.15) is 11.8 Å². The van der Waals surface area contributed by atoms with Crippen LogP contribution in [0.1, 0.15) is 16.7 Å². The lowest BCUT2D eigenvalue weighted by molar-refractivity contribution is 0.620. The van der Waals surface area contributed by atoms with Crippen molar-refractivity contribution in [3.05, 3.63) is 69.4 Å². The standard InChI is InChI=1S/C15H14BrFS/c1-11-3-2-4-12(7-11)9-18-10-13-5-6-15(17)14(16)8-13/h2-8H,9-10H2,1H3.